The van der Waals surface area contributed by atoms with Crippen molar-refractivity contribution in [3.63, 3.8) is 0 Å². The Morgan fingerprint density at radius 2 is 1.84 bits per heavy atom. The SMILES string of the molecule is O=C(O)c1ccc(-c2ccc(CNC(=O)c3cnc(-n4cccn4)cc3O)cn2)cc1. The number of carboxylic acid groups (broad SMARTS) is 1. The first-order valence-corrected chi connectivity index (χ1v) is 9.27. The van der Waals surface area contributed by atoms with E-state index in [9.17, 15) is 14.7 Å². The van der Waals surface area contributed by atoms with Gasteiger partial charge in [0.05, 0.1) is 16.8 Å². The zero-order chi connectivity index (χ0) is 21.8. The standard InChI is InChI=1S/C22H17N5O4/c28-19-10-20(27-9-1-8-26-27)24-13-17(19)21(29)25-12-14-2-7-18(23-11-14)15-3-5-16(6-4-15)22(30)31/h1-11,13H,12H2,(H,24,28)(H,25,29)(H,30,31). The lowest BCUT2D eigenvalue weighted by atomic mass is 10.1. The number of hydrogen-bond donors (Lipinski definition) is 3. The minimum Gasteiger partial charge on any atom is -0.507 e. The van der Waals surface area contributed by atoms with E-state index in [0.717, 1.165) is 11.1 Å². The van der Waals surface area contributed by atoms with Crippen molar-refractivity contribution in [3.05, 3.63) is 90.0 Å². The molecule has 4 rings (SSSR count). The molecule has 0 aliphatic rings. The topological polar surface area (TPSA) is 130 Å². The number of nitrogens with zero attached hydrogens (tertiary/aromatic N) is 4. The van der Waals surface area contributed by atoms with Crippen molar-refractivity contribution in [3.8, 4) is 22.8 Å². The molecule has 9 heteroatoms. The highest BCUT2D eigenvalue weighted by molar-refractivity contribution is 5.96. The first-order chi connectivity index (χ1) is 15.0. The molecule has 0 atom stereocenters. The van der Waals surface area contributed by atoms with Crippen LogP contribution in [0.3, 0.4) is 0 Å². The average Bonchev–Trinajstić information content (AvgIpc) is 3.33. The maximum absolute atomic E-state index is 12.4. The number of pyridine rings is 2. The molecular formula is C22H17N5O4. The van der Waals surface area contributed by atoms with Crippen molar-refractivity contribution >= 4 is 11.9 Å². The Labute approximate surface area is 176 Å². The smallest absolute Gasteiger partial charge is 0.335 e. The third kappa shape index (κ3) is 4.40. The van der Waals surface area contributed by atoms with Gasteiger partial charge in [0.15, 0.2) is 5.82 Å². The summed E-state index contributed by atoms with van der Waals surface area (Å²) in [7, 11) is 0. The van der Waals surface area contributed by atoms with Crippen LogP contribution in [0.5, 0.6) is 5.75 Å². The van der Waals surface area contributed by atoms with Crippen LogP contribution in [0.1, 0.15) is 26.3 Å². The second-order valence-electron chi connectivity index (χ2n) is 6.63. The molecule has 0 saturated heterocycles. The maximum atomic E-state index is 12.4. The third-order valence-electron chi connectivity index (χ3n) is 4.56. The van der Waals surface area contributed by atoms with Crippen LogP contribution < -0.4 is 5.32 Å². The van der Waals surface area contributed by atoms with E-state index in [1.54, 1.807) is 42.9 Å². The number of aromatic nitrogens is 4. The molecule has 3 heterocycles. The molecule has 4 aromatic rings. The summed E-state index contributed by atoms with van der Waals surface area (Å²) in [5.74, 6) is -1.25. The number of amides is 1. The summed E-state index contributed by atoms with van der Waals surface area (Å²) in [5.41, 5.74) is 2.49. The fourth-order valence-corrected chi connectivity index (χ4v) is 2.90. The number of carbonyl (C=O) groups is 2. The number of nitrogens with one attached hydrogen (secondary N) is 1. The van der Waals surface area contributed by atoms with Crippen molar-refractivity contribution in [2.45, 2.75) is 6.54 Å². The number of aromatic hydroxyl groups is 1. The Bertz CT molecular complexity index is 1220. The Balaban J connectivity index is 1.40. The third-order valence-corrected chi connectivity index (χ3v) is 4.56. The van der Waals surface area contributed by atoms with Gasteiger partial charge in [-0.1, -0.05) is 18.2 Å². The quantitative estimate of drug-likeness (QED) is 0.441. The summed E-state index contributed by atoms with van der Waals surface area (Å²) in [6, 6.07) is 13.1. The molecule has 1 amide bonds. The molecule has 0 spiro atoms. The van der Waals surface area contributed by atoms with E-state index < -0.39 is 11.9 Å². The maximum Gasteiger partial charge on any atom is 0.335 e. The van der Waals surface area contributed by atoms with Crippen LogP contribution in [0.15, 0.2) is 73.3 Å². The van der Waals surface area contributed by atoms with Gasteiger partial charge in [0.25, 0.3) is 5.91 Å². The molecule has 0 bridgehead atoms. The highest BCUT2D eigenvalue weighted by Gasteiger charge is 2.13. The second kappa shape index (κ2) is 8.46. The number of carboxylic acids is 1. The summed E-state index contributed by atoms with van der Waals surface area (Å²) in [6.45, 7) is 0.213. The largest absolute Gasteiger partial charge is 0.507 e. The van der Waals surface area contributed by atoms with Gasteiger partial charge in [-0.15, -0.1) is 0 Å². The minimum atomic E-state index is -0.983. The molecule has 0 unspecified atom stereocenters. The molecule has 0 fully saturated rings. The van der Waals surface area contributed by atoms with Gasteiger partial charge in [-0.25, -0.2) is 14.5 Å². The number of rotatable bonds is 6. The summed E-state index contributed by atoms with van der Waals surface area (Å²) >= 11 is 0. The van der Waals surface area contributed by atoms with Crippen LogP contribution in [0, 0.1) is 0 Å². The van der Waals surface area contributed by atoms with Crippen LogP contribution >= 0.6 is 0 Å². The van der Waals surface area contributed by atoms with E-state index in [0.29, 0.717) is 11.5 Å². The molecule has 3 N–H and O–H groups in total. The van der Waals surface area contributed by atoms with Crippen molar-refractivity contribution in [2.75, 3.05) is 0 Å². The zero-order valence-corrected chi connectivity index (χ0v) is 16.1. The fraction of sp³-hybridized carbons (Fsp3) is 0.0455. The van der Waals surface area contributed by atoms with Crippen LogP contribution in [-0.2, 0) is 6.54 Å². The van der Waals surface area contributed by atoms with Gasteiger partial charge in [0, 0.05) is 43.0 Å². The number of hydrogen-bond acceptors (Lipinski definition) is 6. The molecule has 1 aromatic carbocycles. The molecule has 3 aromatic heterocycles. The second-order valence-corrected chi connectivity index (χ2v) is 6.63. The van der Waals surface area contributed by atoms with E-state index in [4.69, 9.17) is 5.11 Å². The number of carbonyl (C=O) groups excluding carboxylic acids is 1. The van der Waals surface area contributed by atoms with Gasteiger partial charge in [-0.3, -0.25) is 9.78 Å². The molecule has 154 valence electrons. The first-order valence-electron chi connectivity index (χ1n) is 9.27. The van der Waals surface area contributed by atoms with Gasteiger partial charge in [-0.2, -0.15) is 5.10 Å². The lowest BCUT2D eigenvalue weighted by Gasteiger charge is -2.09. The Hall–Kier alpha value is -4.53. The number of benzene rings is 1. The minimum absolute atomic E-state index is 0.0546. The Kier molecular flexibility index (Phi) is 5.39. The van der Waals surface area contributed by atoms with Crippen LogP contribution in [0.4, 0.5) is 0 Å². The summed E-state index contributed by atoms with van der Waals surface area (Å²) in [6.07, 6.45) is 6.19. The highest BCUT2D eigenvalue weighted by atomic mass is 16.4. The predicted molar refractivity (Wildman–Crippen MR) is 111 cm³/mol. The van der Waals surface area contributed by atoms with Crippen molar-refractivity contribution in [1.82, 2.24) is 25.1 Å². The van der Waals surface area contributed by atoms with E-state index in [-0.39, 0.29) is 23.4 Å². The van der Waals surface area contributed by atoms with E-state index in [2.05, 4.69) is 20.4 Å². The molecule has 9 nitrogen and oxygen atoms in total. The van der Waals surface area contributed by atoms with E-state index in [1.807, 2.05) is 6.07 Å². The van der Waals surface area contributed by atoms with Crippen molar-refractivity contribution in [2.24, 2.45) is 0 Å². The van der Waals surface area contributed by atoms with E-state index in [1.165, 1.54) is 29.1 Å². The van der Waals surface area contributed by atoms with E-state index >= 15 is 0 Å². The zero-order valence-electron chi connectivity index (χ0n) is 16.1. The van der Waals surface area contributed by atoms with Crippen molar-refractivity contribution < 1.29 is 19.8 Å². The van der Waals surface area contributed by atoms with Crippen molar-refractivity contribution in [1.29, 1.82) is 0 Å². The van der Waals surface area contributed by atoms with Gasteiger partial charge >= 0.3 is 5.97 Å². The Morgan fingerprint density at radius 3 is 2.45 bits per heavy atom. The van der Waals surface area contributed by atoms with Gasteiger partial charge < -0.3 is 15.5 Å². The lowest BCUT2D eigenvalue weighted by molar-refractivity contribution is 0.0696. The molecular weight excluding hydrogens is 398 g/mol. The summed E-state index contributed by atoms with van der Waals surface area (Å²) in [4.78, 5) is 31.9. The van der Waals surface area contributed by atoms with Crippen LogP contribution in [0.25, 0.3) is 17.1 Å². The molecule has 0 aliphatic heterocycles. The molecule has 31 heavy (non-hydrogen) atoms. The van der Waals surface area contributed by atoms with Gasteiger partial charge in [-0.05, 0) is 29.8 Å². The molecule has 0 saturated carbocycles. The normalized spacial score (nSPS) is 10.6. The first kappa shape index (κ1) is 19.8. The predicted octanol–water partition coefficient (Wildman–Crippen LogP) is 2.66. The average molecular weight is 415 g/mol. The fourth-order valence-electron chi connectivity index (χ4n) is 2.90. The summed E-state index contributed by atoms with van der Waals surface area (Å²) < 4.78 is 1.48. The van der Waals surface area contributed by atoms with Crippen LogP contribution in [0.2, 0.25) is 0 Å². The molecule has 0 aliphatic carbocycles. The summed E-state index contributed by atoms with van der Waals surface area (Å²) in [5, 5.41) is 25.9. The monoisotopic (exact) mass is 415 g/mol. The lowest BCUT2D eigenvalue weighted by Crippen LogP contribution is -2.23. The van der Waals surface area contributed by atoms with Gasteiger partial charge in [0.2, 0.25) is 0 Å². The van der Waals surface area contributed by atoms with Gasteiger partial charge in [0.1, 0.15) is 5.75 Å². The highest BCUT2D eigenvalue weighted by Crippen LogP contribution is 2.20. The number of aromatic carboxylic acids is 1. The Morgan fingerprint density at radius 1 is 1.03 bits per heavy atom. The molecule has 0 radical (unpaired) electrons. The van der Waals surface area contributed by atoms with Crippen LogP contribution in [-0.4, -0.2) is 41.8 Å².